The number of rotatable bonds is 3. The first-order valence-corrected chi connectivity index (χ1v) is 8.89. The monoisotopic (exact) mass is 681 g/mol. The Labute approximate surface area is 231 Å². The van der Waals surface area contributed by atoms with E-state index in [1.54, 1.807) is 79.2 Å². The van der Waals surface area contributed by atoms with E-state index in [1.807, 2.05) is 36.1 Å². The van der Waals surface area contributed by atoms with Gasteiger partial charge in [-0.3, -0.25) is 4.79 Å². The number of aryl methyl sites for hydroxylation is 3. The van der Waals surface area contributed by atoms with Crippen LogP contribution in [0.2, 0.25) is 0 Å². The molecular formula is C24H32I2N3O4+. The van der Waals surface area contributed by atoms with Crippen molar-refractivity contribution in [3.05, 3.63) is 90.3 Å². The highest BCUT2D eigenvalue weighted by molar-refractivity contribution is 6.02. The lowest BCUT2D eigenvalue weighted by Gasteiger charge is -2.01. The Morgan fingerprint density at radius 2 is 1.00 bits per heavy atom. The van der Waals surface area contributed by atoms with Crippen LogP contribution in [-0.2, 0) is 25.9 Å². The molecule has 3 aromatic rings. The molecule has 0 spiro atoms. The van der Waals surface area contributed by atoms with E-state index in [9.17, 15) is 14.4 Å². The number of nitrogens with zero attached hydrogens (tertiary/aromatic N) is 3. The number of ether oxygens (including phenoxy) is 1. The Morgan fingerprint density at radius 3 is 1.27 bits per heavy atom. The van der Waals surface area contributed by atoms with Crippen molar-refractivity contribution in [3.8, 4) is 0 Å². The van der Waals surface area contributed by atoms with Gasteiger partial charge in [-0.2, -0.15) is 0 Å². The summed E-state index contributed by atoms with van der Waals surface area (Å²) in [5.74, 6) is -1.21. The van der Waals surface area contributed by atoms with E-state index in [1.165, 1.54) is 7.40 Å². The predicted octanol–water partition coefficient (Wildman–Crippen LogP) is -3.67. The predicted molar refractivity (Wildman–Crippen MR) is 116 cm³/mol. The standard InChI is InChI=1S/C14H14N2O3.C8H10NO.2CH4.2HI/c1-15-7-3-5-11(9-15)13(17)19-14(18)12-6-4-8-16(2)10-12;1-7(10)8-4-3-5-9(2)6-8;;;;/h3-10H,1-2H3;3-6H,1-2H3;2*1H4;2*1H/q+2;+1;;;;/p-2/i;;1D;;;. The number of hydrogen-bond donors (Lipinski definition) is 0. The Bertz CT molecular complexity index is 1010. The van der Waals surface area contributed by atoms with Crippen LogP contribution in [0.3, 0.4) is 0 Å². The lowest BCUT2D eigenvalue weighted by molar-refractivity contribution is -0.671. The van der Waals surface area contributed by atoms with Gasteiger partial charge < -0.3 is 52.7 Å². The third kappa shape index (κ3) is 11.9. The average Bonchev–Trinajstić information content (AvgIpc) is 2.75. The maximum Gasteiger partial charge on any atom is 0.352 e. The fourth-order valence-electron chi connectivity index (χ4n) is 2.42. The minimum atomic E-state index is -0.660. The highest BCUT2D eigenvalue weighted by Gasteiger charge is 2.18. The van der Waals surface area contributed by atoms with Gasteiger partial charge in [0.05, 0.1) is 5.56 Å². The van der Waals surface area contributed by atoms with Crippen LogP contribution < -0.4 is 61.7 Å². The summed E-state index contributed by atoms with van der Waals surface area (Å²) >= 11 is 0. The second-order valence-electron chi connectivity index (χ2n) is 6.51. The topological polar surface area (TPSA) is 72.1 Å². The molecule has 9 heteroatoms. The highest BCUT2D eigenvalue weighted by atomic mass is 127. The maximum absolute atomic E-state index is 11.8. The molecule has 0 saturated heterocycles. The van der Waals surface area contributed by atoms with E-state index in [-0.39, 0.29) is 61.2 Å². The normalized spacial score (nSPS) is 8.82. The number of ketones is 1. The SMILES string of the molecule is C.CC(=O)c1ccc[n+](C)c1.C[n+]1cccc(C(=O)OC(=O)c2ccc[n+](C)c2)c1.[2H]C.[I-].[I-]. The van der Waals surface area contributed by atoms with Gasteiger partial charge in [0.15, 0.2) is 43.0 Å². The molecule has 7 nitrogen and oxygen atoms in total. The summed E-state index contributed by atoms with van der Waals surface area (Å²) in [6, 6.07) is 10.3. The zero-order chi connectivity index (χ0) is 23.4. The zero-order valence-electron chi connectivity index (χ0n) is 19.7. The molecule has 0 aromatic carbocycles. The first kappa shape index (κ1) is 32.9. The number of carbonyl (C=O) groups excluding carboxylic acids is 3. The third-order valence-corrected chi connectivity index (χ3v) is 3.88. The molecule has 0 fully saturated rings. The Balaban J connectivity index is -0.000000552. The van der Waals surface area contributed by atoms with Gasteiger partial charge in [-0.15, -0.1) is 0 Å². The number of Topliss-reactive ketones (excluding diaryl/α,β-unsaturated/α-hetero) is 1. The fourth-order valence-corrected chi connectivity index (χ4v) is 2.42. The molecule has 0 bridgehead atoms. The van der Waals surface area contributed by atoms with Gasteiger partial charge in [0.1, 0.15) is 32.3 Å². The molecule has 0 radical (unpaired) electrons. The van der Waals surface area contributed by atoms with Crippen LogP contribution in [-0.4, -0.2) is 17.7 Å². The van der Waals surface area contributed by atoms with Crippen molar-refractivity contribution in [3.63, 3.8) is 0 Å². The maximum atomic E-state index is 11.8. The van der Waals surface area contributed by atoms with Crippen molar-refractivity contribution in [1.82, 2.24) is 0 Å². The third-order valence-electron chi connectivity index (χ3n) is 3.88. The van der Waals surface area contributed by atoms with Crippen LogP contribution in [0.25, 0.3) is 0 Å². The smallest absolute Gasteiger partial charge is 0.352 e. The molecule has 0 amide bonds. The largest absolute Gasteiger partial charge is 1.00 e. The van der Waals surface area contributed by atoms with Gasteiger partial charge in [-0.1, -0.05) is 14.8 Å². The van der Waals surface area contributed by atoms with Crippen molar-refractivity contribution in [1.29, 1.82) is 0 Å². The molecule has 0 aliphatic carbocycles. The van der Waals surface area contributed by atoms with Crippen LogP contribution in [0.1, 0.15) is 54.2 Å². The van der Waals surface area contributed by atoms with E-state index in [4.69, 9.17) is 6.11 Å². The van der Waals surface area contributed by atoms with Gasteiger partial charge in [-0.25, -0.2) is 23.3 Å². The molecule has 3 aromatic heterocycles. The summed E-state index contributed by atoms with van der Waals surface area (Å²) in [5.41, 5.74) is 1.42. The molecule has 3 heterocycles. The minimum absolute atomic E-state index is 0. The van der Waals surface area contributed by atoms with Gasteiger partial charge in [0, 0.05) is 19.6 Å². The van der Waals surface area contributed by atoms with Gasteiger partial charge in [0.25, 0.3) is 0 Å². The Hall–Kier alpha value is -2.28. The molecule has 180 valence electrons. The summed E-state index contributed by atoms with van der Waals surface area (Å²) in [7, 11) is 6.72. The van der Waals surface area contributed by atoms with Gasteiger partial charge in [-0.05, 0) is 25.1 Å². The van der Waals surface area contributed by atoms with Crippen molar-refractivity contribution < 1.29 is 82.1 Å². The van der Waals surface area contributed by atoms with Crippen LogP contribution in [0.15, 0.2) is 73.6 Å². The van der Waals surface area contributed by atoms with E-state index < -0.39 is 11.9 Å². The van der Waals surface area contributed by atoms with Crippen molar-refractivity contribution in [2.75, 3.05) is 0 Å². The highest BCUT2D eigenvalue weighted by Crippen LogP contribution is 2.03. The van der Waals surface area contributed by atoms with Crippen LogP contribution >= 0.6 is 0 Å². The summed E-state index contributed by atoms with van der Waals surface area (Å²) in [6.45, 7) is 1.56. The van der Waals surface area contributed by atoms with Gasteiger partial charge >= 0.3 is 11.9 Å². The van der Waals surface area contributed by atoms with Gasteiger partial charge in [0.2, 0.25) is 0 Å². The van der Waals surface area contributed by atoms with E-state index >= 15 is 0 Å². The lowest BCUT2D eigenvalue weighted by atomic mass is 10.2. The summed E-state index contributed by atoms with van der Waals surface area (Å²) < 4.78 is 15.9. The fraction of sp³-hybridized carbons (Fsp3) is 0.250. The molecule has 0 unspecified atom stereocenters. The van der Waals surface area contributed by atoms with E-state index in [0.717, 1.165) is 5.56 Å². The van der Waals surface area contributed by atoms with Crippen molar-refractivity contribution >= 4 is 17.7 Å². The molecule has 0 aliphatic rings. The number of aromatic nitrogens is 3. The molecule has 0 atom stereocenters. The van der Waals surface area contributed by atoms with Crippen LogP contribution in [0.5, 0.6) is 0 Å². The number of pyridine rings is 3. The number of esters is 2. The quantitative estimate of drug-likeness (QED) is 0.0941. The molecule has 33 heavy (non-hydrogen) atoms. The Morgan fingerprint density at radius 1 is 0.697 bits per heavy atom. The van der Waals surface area contributed by atoms with Crippen LogP contribution in [0.4, 0.5) is 0 Å². The second kappa shape index (κ2) is 17.2. The summed E-state index contributed by atoms with van der Waals surface area (Å²) in [6.07, 6.45) is 10.5. The molecular weight excluding hydrogens is 648 g/mol. The molecule has 3 rings (SSSR count). The Kier molecular flexibility index (Phi) is 17.2. The van der Waals surface area contributed by atoms with Crippen molar-refractivity contribution in [2.45, 2.75) is 21.8 Å². The molecule has 0 aliphatic heterocycles. The van der Waals surface area contributed by atoms with E-state index in [2.05, 4.69) is 0 Å². The number of hydrogen-bond acceptors (Lipinski definition) is 4. The number of halogens is 2. The average molecular weight is 681 g/mol. The van der Waals surface area contributed by atoms with E-state index in [0.29, 0.717) is 11.1 Å². The second-order valence-corrected chi connectivity index (χ2v) is 6.51. The van der Waals surface area contributed by atoms with Crippen molar-refractivity contribution in [2.24, 2.45) is 21.1 Å². The summed E-state index contributed by atoms with van der Waals surface area (Å²) in [5, 5.41) is 0. The number of carbonyl (C=O) groups is 3. The first-order valence-electron chi connectivity index (χ1n) is 9.89. The van der Waals surface area contributed by atoms with Crippen LogP contribution in [0, 0.1) is 0 Å². The minimum Gasteiger partial charge on any atom is -1.00 e. The summed E-state index contributed by atoms with van der Waals surface area (Å²) in [4.78, 5) is 34.4. The lowest BCUT2D eigenvalue weighted by Crippen LogP contribution is -3.00. The zero-order valence-corrected chi connectivity index (χ0v) is 23.0. The first-order chi connectivity index (χ1) is 14.8. The molecule has 0 N–H and O–H groups in total. The molecule has 0 saturated carbocycles.